The Morgan fingerprint density at radius 2 is 2.10 bits per heavy atom. The molecule has 0 saturated heterocycles. The maximum atomic E-state index is 13.1. The lowest BCUT2D eigenvalue weighted by Gasteiger charge is -2.37. The number of amides is 1. The first-order chi connectivity index (χ1) is 9.40. The molecule has 0 aliphatic heterocycles. The van der Waals surface area contributed by atoms with Crippen molar-refractivity contribution in [1.82, 2.24) is 5.32 Å². The number of nitrogens with two attached hydrogens (primary N) is 1. The third kappa shape index (κ3) is 4.38. The van der Waals surface area contributed by atoms with Gasteiger partial charge in [-0.2, -0.15) is 0 Å². The van der Waals surface area contributed by atoms with E-state index in [0.717, 1.165) is 37.8 Å². The second-order valence-electron chi connectivity index (χ2n) is 5.77. The summed E-state index contributed by atoms with van der Waals surface area (Å²) in [5.74, 6) is -2.12. The summed E-state index contributed by atoms with van der Waals surface area (Å²) in [6.07, 6.45) is 3.64. The van der Waals surface area contributed by atoms with Crippen molar-refractivity contribution in [3.63, 3.8) is 0 Å². The Balaban J connectivity index is 0.00000220. The van der Waals surface area contributed by atoms with Crippen molar-refractivity contribution in [3.05, 3.63) is 35.4 Å². The average Bonchev–Trinajstić information content (AvgIpc) is 2.39. The summed E-state index contributed by atoms with van der Waals surface area (Å²) in [6.45, 7) is 2.08. The molecule has 3 N–H and O–H groups in total. The van der Waals surface area contributed by atoms with Crippen LogP contribution < -0.4 is 11.1 Å². The highest BCUT2D eigenvalue weighted by Crippen LogP contribution is 2.31. The maximum Gasteiger partial charge on any atom is 0.225 e. The molecule has 1 aliphatic rings. The smallest absolute Gasteiger partial charge is 0.225 e. The van der Waals surface area contributed by atoms with Crippen LogP contribution in [0.15, 0.2) is 18.2 Å². The predicted octanol–water partition coefficient (Wildman–Crippen LogP) is 2.91. The number of hydrogen-bond donors (Lipinski definition) is 2. The van der Waals surface area contributed by atoms with Gasteiger partial charge in [0, 0.05) is 12.1 Å². The molecule has 1 amide bonds. The molecule has 118 valence electrons. The summed E-state index contributed by atoms with van der Waals surface area (Å²) in [6, 6.07) is 3.61. The van der Waals surface area contributed by atoms with Gasteiger partial charge < -0.3 is 11.1 Å². The van der Waals surface area contributed by atoms with E-state index in [2.05, 4.69) is 5.32 Å². The molecule has 2 atom stereocenters. The number of nitrogens with one attached hydrogen (secondary N) is 1. The van der Waals surface area contributed by atoms with Crippen LogP contribution in [0, 0.1) is 17.6 Å². The Labute approximate surface area is 129 Å². The van der Waals surface area contributed by atoms with E-state index in [1.165, 1.54) is 6.07 Å². The van der Waals surface area contributed by atoms with Crippen molar-refractivity contribution < 1.29 is 13.6 Å². The zero-order valence-electron chi connectivity index (χ0n) is 12.0. The Hall–Kier alpha value is -1.20. The lowest BCUT2D eigenvalue weighted by molar-refractivity contribution is -0.128. The van der Waals surface area contributed by atoms with E-state index in [1.54, 1.807) is 0 Å². The SMILES string of the molecule is CC1(N)CCCCC1C(=O)NCc1ccc(F)c(F)c1.Cl. The topological polar surface area (TPSA) is 55.1 Å². The Morgan fingerprint density at radius 1 is 1.38 bits per heavy atom. The van der Waals surface area contributed by atoms with E-state index >= 15 is 0 Å². The summed E-state index contributed by atoms with van der Waals surface area (Å²) in [7, 11) is 0. The molecule has 0 spiro atoms. The standard InChI is InChI=1S/C15H20F2N2O.ClH/c1-15(18)7-3-2-4-11(15)14(20)19-9-10-5-6-12(16)13(17)8-10;/h5-6,8,11H,2-4,7,9,18H2,1H3,(H,19,20);1H. The number of rotatable bonds is 3. The predicted molar refractivity (Wildman–Crippen MR) is 80.0 cm³/mol. The summed E-state index contributed by atoms with van der Waals surface area (Å²) in [5, 5.41) is 2.76. The number of carbonyl (C=O) groups excluding carboxylic acids is 1. The van der Waals surface area contributed by atoms with Crippen LogP contribution in [0.25, 0.3) is 0 Å². The van der Waals surface area contributed by atoms with Crippen molar-refractivity contribution in [3.8, 4) is 0 Å². The van der Waals surface area contributed by atoms with Gasteiger partial charge in [-0.1, -0.05) is 18.9 Å². The zero-order valence-corrected chi connectivity index (χ0v) is 12.8. The molecular formula is C15H21ClF2N2O. The minimum absolute atomic E-state index is 0. The first-order valence-corrected chi connectivity index (χ1v) is 6.91. The van der Waals surface area contributed by atoms with Crippen molar-refractivity contribution >= 4 is 18.3 Å². The van der Waals surface area contributed by atoms with E-state index in [4.69, 9.17) is 5.73 Å². The monoisotopic (exact) mass is 318 g/mol. The van der Waals surface area contributed by atoms with Crippen LogP contribution in [0.5, 0.6) is 0 Å². The van der Waals surface area contributed by atoms with Crippen LogP contribution >= 0.6 is 12.4 Å². The number of halogens is 3. The third-order valence-electron chi connectivity index (χ3n) is 4.02. The molecule has 0 bridgehead atoms. The van der Waals surface area contributed by atoms with Gasteiger partial charge in [0.05, 0.1) is 5.92 Å². The van der Waals surface area contributed by atoms with Crippen LogP contribution in [-0.2, 0) is 11.3 Å². The highest BCUT2D eigenvalue weighted by molar-refractivity contribution is 5.85. The van der Waals surface area contributed by atoms with E-state index in [-0.39, 0.29) is 30.8 Å². The quantitative estimate of drug-likeness (QED) is 0.900. The highest BCUT2D eigenvalue weighted by atomic mass is 35.5. The number of benzene rings is 1. The molecule has 0 heterocycles. The molecule has 21 heavy (non-hydrogen) atoms. The first kappa shape index (κ1) is 17.9. The van der Waals surface area contributed by atoms with Crippen molar-refractivity contribution in [2.75, 3.05) is 0 Å². The lowest BCUT2D eigenvalue weighted by Crippen LogP contribution is -2.52. The first-order valence-electron chi connectivity index (χ1n) is 6.91. The molecular weight excluding hydrogens is 298 g/mol. The van der Waals surface area contributed by atoms with Crippen molar-refractivity contribution in [1.29, 1.82) is 0 Å². The minimum atomic E-state index is -0.905. The number of carbonyl (C=O) groups is 1. The fourth-order valence-electron chi connectivity index (χ4n) is 2.75. The lowest BCUT2D eigenvalue weighted by atomic mass is 9.74. The van der Waals surface area contributed by atoms with E-state index < -0.39 is 17.2 Å². The molecule has 6 heteroatoms. The Bertz CT molecular complexity index is 508. The fourth-order valence-corrected chi connectivity index (χ4v) is 2.75. The van der Waals surface area contributed by atoms with E-state index in [0.29, 0.717) is 5.56 Å². The number of hydrogen-bond acceptors (Lipinski definition) is 2. The van der Waals surface area contributed by atoms with Gasteiger partial charge in [0.25, 0.3) is 0 Å². The van der Waals surface area contributed by atoms with Gasteiger partial charge in [-0.3, -0.25) is 4.79 Å². The van der Waals surface area contributed by atoms with Gasteiger partial charge in [-0.25, -0.2) is 8.78 Å². The molecule has 2 rings (SSSR count). The molecule has 0 radical (unpaired) electrons. The highest BCUT2D eigenvalue weighted by Gasteiger charge is 2.37. The maximum absolute atomic E-state index is 13.1. The Morgan fingerprint density at radius 3 is 2.71 bits per heavy atom. The normalized spacial score (nSPS) is 25.0. The molecule has 1 fully saturated rings. The summed E-state index contributed by atoms with van der Waals surface area (Å²) >= 11 is 0. The molecule has 1 aromatic rings. The van der Waals surface area contributed by atoms with Crippen molar-refractivity contribution in [2.24, 2.45) is 11.7 Å². The molecule has 1 aromatic carbocycles. The van der Waals surface area contributed by atoms with Crippen molar-refractivity contribution in [2.45, 2.75) is 44.7 Å². The van der Waals surface area contributed by atoms with Crippen LogP contribution in [0.1, 0.15) is 38.2 Å². The summed E-state index contributed by atoms with van der Waals surface area (Å²) in [5.41, 5.74) is 6.21. The summed E-state index contributed by atoms with van der Waals surface area (Å²) in [4.78, 5) is 12.2. The van der Waals surface area contributed by atoms with Gasteiger partial charge in [0.1, 0.15) is 0 Å². The second-order valence-corrected chi connectivity index (χ2v) is 5.77. The molecule has 2 unspecified atom stereocenters. The average molecular weight is 319 g/mol. The minimum Gasteiger partial charge on any atom is -0.352 e. The van der Waals surface area contributed by atoms with E-state index in [9.17, 15) is 13.6 Å². The Kier molecular flexibility index (Phi) is 6.10. The molecule has 1 aliphatic carbocycles. The molecule has 3 nitrogen and oxygen atoms in total. The largest absolute Gasteiger partial charge is 0.352 e. The molecule has 1 saturated carbocycles. The van der Waals surface area contributed by atoms with Crippen LogP contribution in [-0.4, -0.2) is 11.4 Å². The van der Waals surface area contributed by atoms with Crippen LogP contribution in [0.3, 0.4) is 0 Å². The summed E-state index contributed by atoms with van der Waals surface area (Å²) < 4.78 is 25.9. The second kappa shape index (κ2) is 7.18. The van der Waals surface area contributed by atoms with Gasteiger partial charge in [0.15, 0.2) is 11.6 Å². The van der Waals surface area contributed by atoms with Gasteiger partial charge >= 0.3 is 0 Å². The van der Waals surface area contributed by atoms with Crippen LogP contribution in [0.4, 0.5) is 8.78 Å². The van der Waals surface area contributed by atoms with Gasteiger partial charge in [0.2, 0.25) is 5.91 Å². The molecule has 0 aromatic heterocycles. The third-order valence-corrected chi connectivity index (χ3v) is 4.02. The van der Waals surface area contributed by atoms with Gasteiger partial charge in [-0.05, 0) is 37.5 Å². The zero-order chi connectivity index (χ0) is 14.8. The van der Waals surface area contributed by atoms with Gasteiger partial charge in [-0.15, -0.1) is 12.4 Å². The van der Waals surface area contributed by atoms with Crippen LogP contribution in [0.2, 0.25) is 0 Å². The fraction of sp³-hybridized carbons (Fsp3) is 0.533. The van der Waals surface area contributed by atoms with E-state index in [1.807, 2.05) is 6.92 Å².